The van der Waals surface area contributed by atoms with E-state index in [0.717, 1.165) is 12.8 Å². The molecular weight excluding hydrogens is 180 g/mol. The second-order valence-electron chi connectivity index (χ2n) is 4.34. The molecule has 0 aliphatic carbocycles. The Kier molecular flexibility index (Phi) is 5.72. The molecule has 0 aromatic carbocycles. The van der Waals surface area contributed by atoms with Crippen molar-refractivity contribution < 1.29 is 9.90 Å². The molecule has 0 fully saturated rings. The molecule has 0 aromatic rings. The minimum absolute atomic E-state index is 0.0678. The van der Waals surface area contributed by atoms with Crippen LogP contribution in [0, 0.1) is 0 Å². The zero-order valence-corrected chi connectivity index (χ0v) is 9.34. The molecule has 0 heterocycles. The van der Waals surface area contributed by atoms with Gasteiger partial charge >= 0.3 is 0 Å². The lowest BCUT2D eigenvalue weighted by Crippen LogP contribution is -2.40. The van der Waals surface area contributed by atoms with Gasteiger partial charge in [-0.25, -0.2) is 0 Å². The first kappa shape index (κ1) is 13.4. The van der Waals surface area contributed by atoms with Crippen molar-refractivity contribution in [3.63, 3.8) is 0 Å². The summed E-state index contributed by atoms with van der Waals surface area (Å²) >= 11 is 0. The van der Waals surface area contributed by atoms with E-state index in [0.29, 0.717) is 6.42 Å². The first-order valence-corrected chi connectivity index (χ1v) is 5.10. The Morgan fingerprint density at radius 2 is 2.14 bits per heavy atom. The van der Waals surface area contributed by atoms with Crippen molar-refractivity contribution in [3.05, 3.63) is 0 Å². The number of nitrogens with two attached hydrogens (primary N) is 1. The average Bonchev–Trinajstić information content (AvgIpc) is 2.00. The number of carbonyl (C=O) groups excluding carboxylic acids is 1. The summed E-state index contributed by atoms with van der Waals surface area (Å²) in [5.74, 6) is -0.0897. The molecular formula is C10H22N2O2. The van der Waals surface area contributed by atoms with Crippen LogP contribution < -0.4 is 11.1 Å². The molecule has 1 unspecified atom stereocenters. The Balaban J connectivity index is 3.65. The minimum Gasteiger partial charge on any atom is -0.389 e. The van der Waals surface area contributed by atoms with Crippen molar-refractivity contribution in [2.75, 3.05) is 6.54 Å². The molecule has 0 aliphatic heterocycles. The Morgan fingerprint density at radius 3 is 2.57 bits per heavy atom. The fraction of sp³-hybridized carbons (Fsp3) is 0.900. The first-order valence-electron chi connectivity index (χ1n) is 5.10. The van der Waals surface area contributed by atoms with Crippen LogP contribution in [-0.2, 0) is 4.79 Å². The van der Waals surface area contributed by atoms with Crippen LogP contribution in [0.5, 0.6) is 0 Å². The molecule has 4 N–H and O–H groups in total. The molecule has 0 saturated heterocycles. The van der Waals surface area contributed by atoms with Crippen LogP contribution in [-0.4, -0.2) is 29.2 Å². The number of nitrogens with one attached hydrogen (secondary N) is 1. The largest absolute Gasteiger partial charge is 0.389 e. The van der Waals surface area contributed by atoms with Gasteiger partial charge in [0.05, 0.1) is 5.60 Å². The quantitative estimate of drug-likeness (QED) is 0.583. The predicted molar refractivity (Wildman–Crippen MR) is 56.8 cm³/mol. The highest BCUT2D eigenvalue weighted by Crippen LogP contribution is 2.00. The molecule has 4 heteroatoms. The third-order valence-electron chi connectivity index (χ3n) is 1.83. The van der Waals surface area contributed by atoms with E-state index in [9.17, 15) is 9.90 Å². The molecule has 0 radical (unpaired) electrons. The molecule has 14 heavy (non-hydrogen) atoms. The lowest BCUT2D eigenvalue weighted by atomic mass is 10.1. The topological polar surface area (TPSA) is 75.4 Å². The summed E-state index contributed by atoms with van der Waals surface area (Å²) in [4.78, 5) is 11.3. The van der Waals surface area contributed by atoms with Crippen LogP contribution in [0.25, 0.3) is 0 Å². The summed E-state index contributed by atoms with van der Waals surface area (Å²) in [7, 11) is 0. The van der Waals surface area contributed by atoms with Crippen LogP contribution in [0.1, 0.15) is 40.0 Å². The van der Waals surface area contributed by atoms with Crippen molar-refractivity contribution in [1.29, 1.82) is 0 Å². The van der Waals surface area contributed by atoms with E-state index < -0.39 is 5.60 Å². The number of rotatable bonds is 6. The fourth-order valence-electron chi connectivity index (χ4n) is 1.10. The minimum atomic E-state index is -0.857. The molecule has 0 saturated carbocycles. The smallest absolute Gasteiger partial charge is 0.221 e. The maximum atomic E-state index is 11.3. The third-order valence-corrected chi connectivity index (χ3v) is 1.83. The highest BCUT2D eigenvalue weighted by atomic mass is 16.3. The maximum absolute atomic E-state index is 11.3. The normalized spacial score (nSPS) is 13.8. The first-order chi connectivity index (χ1) is 6.35. The molecule has 0 aliphatic rings. The summed E-state index contributed by atoms with van der Waals surface area (Å²) in [6.45, 7) is 5.61. The Hall–Kier alpha value is -0.610. The van der Waals surface area contributed by atoms with Gasteiger partial charge in [0.1, 0.15) is 0 Å². The van der Waals surface area contributed by atoms with Gasteiger partial charge in [-0.05, 0) is 20.3 Å². The Bertz CT molecular complexity index is 175. The van der Waals surface area contributed by atoms with Gasteiger partial charge in [-0.3, -0.25) is 4.79 Å². The zero-order valence-electron chi connectivity index (χ0n) is 9.34. The number of hydrogen-bond acceptors (Lipinski definition) is 3. The van der Waals surface area contributed by atoms with E-state index in [-0.39, 0.29) is 18.5 Å². The Labute approximate surface area is 85.9 Å². The molecule has 0 spiro atoms. The van der Waals surface area contributed by atoms with Crippen LogP contribution in [0.2, 0.25) is 0 Å². The number of aliphatic hydroxyl groups is 1. The summed E-state index contributed by atoms with van der Waals surface area (Å²) in [5.41, 5.74) is 4.84. The van der Waals surface area contributed by atoms with Crippen LogP contribution in [0.15, 0.2) is 0 Å². The van der Waals surface area contributed by atoms with E-state index in [4.69, 9.17) is 5.73 Å². The molecule has 1 atom stereocenters. The van der Waals surface area contributed by atoms with Crippen molar-refractivity contribution in [1.82, 2.24) is 5.32 Å². The summed E-state index contributed by atoms with van der Waals surface area (Å²) < 4.78 is 0. The van der Waals surface area contributed by atoms with Gasteiger partial charge in [0.25, 0.3) is 0 Å². The van der Waals surface area contributed by atoms with Crippen molar-refractivity contribution in [3.8, 4) is 0 Å². The van der Waals surface area contributed by atoms with E-state index in [1.165, 1.54) is 0 Å². The van der Waals surface area contributed by atoms with Gasteiger partial charge in [0.2, 0.25) is 5.91 Å². The van der Waals surface area contributed by atoms with Crippen LogP contribution in [0.3, 0.4) is 0 Å². The van der Waals surface area contributed by atoms with Gasteiger partial charge in [0.15, 0.2) is 0 Å². The second kappa shape index (κ2) is 5.98. The van der Waals surface area contributed by atoms with E-state index in [1.54, 1.807) is 13.8 Å². The van der Waals surface area contributed by atoms with Crippen molar-refractivity contribution in [2.45, 2.75) is 51.7 Å². The Morgan fingerprint density at radius 1 is 1.57 bits per heavy atom. The maximum Gasteiger partial charge on any atom is 0.221 e. The molecule has 0 bridgehead atoms. The fourth-order valence-corrected chi connectivity index (χ4v) is 1.10. The lowest BCUT2D eigenvalue weighted by Gasteiger charge is -2.18. The van der Waals surface area contributed by atoms with Gasteiger partial charge in [-0.2, -0.15) is 0 Å². The molecule has 4 nitrogen and oxygen atoms in total. The lowest BCUT2D eigenvalue weighted by molar-refractivity contribution is -0.122. The van der Waals surface area contributed by atoms with Gasteiger partial charge in [0, 0.05) is 19.0 Å². The van der Waals surface area contributed by atoms with Crippen molar-refractivity contribution >= 4 is 5.91 Å². The number of carbonyl (C=O) groups is 1. The van der Waals surface area contributed by atoms with Crippen molar-refractivity contribution in [2.24, 2.45) is 5.73 Å². The predicted octanol–water partition coefficient (Wildman–Crippen LogP) is 0.391. The number of amides is 1. The highest BCUT2D eigenvalue weighted by Gasteiger charge is 2.15. The van der Waals surface area contributed by atoms with Gasteiger partial charge in [-0.15, -0.1) is 0 Å². The molecule has 0 rings (SSSR count). The molecule has 84 valence electrons. The highest BCUT2D eigenvalue weighted by molar-refractivity contribution is 5.76. The third kappa shape index (κ3) is 8.01. The van der Waals surface area contributed by atoms with E-state index in [1.807, 2.05) is 6.92 Å². The monoisotopic (exact) mass is 202 g/mol. The number of hydrogen-bond donors (Lipinski definition) is 3. The summed E-state index contributed by atoms with van der Waals surface area (Å²) in [6, 6.07) is -0.0678. The average molecular weight is 202 g/mol. The summed E-state index contributed by atoms with van der Waals surface area (Å²) in [5, 5.41) is 12.0. The van der Waals surface area contributed by atoms with E-state index >= 15 is 0 Å². The van der Waals surface area contributed by atoms with Gasteiger partial charge < -0.3 is 16.2 Å². The standard InChI is InChI=1S/C10H22N2O2/c1-4-5-8(11)6-9(13)12-7-10(2,3)14/h8,14H,4-7,11H2,1-3H3,(H,12,13). The van der Waals surface area contributed by atoms with Crippen LogP contribution >= 0.6 is 0 Å². The molecule has 1 amide bonds. The zero-order chi connectivity index (χ0) is 11.2. The SMILES string of the molecule is CCCC(N)CC(=O)NCC(C)(C)O. The molecule has 0 aromatic heterocycles. The summed E-state index contributed by atoms with van der Waals surface area (Å²) in [6.07, 6.45) is 2.18. The van der Waals surface area contributed by atoms with Gasteiger partial charge in [-0.1, -0.05) is 13.3 Å². The second-order valence-corrected chi connectivity index (χ2v) is 4.34. The van der Waals surface area contributed by atoms with E-state index in [2.05, 4.69) is 5.32 Å². The van der Waals surface area contributed by atoms with Crippen LogP contribution in [0.4, 0.5) is 0 Å².